The maximum atomic E-state index is 9.97. The molecule has 0 radical (unpaired) electrons. The highest BCUT2D eigenvalue weighted by molar-refractivity contribution is 5.61. The number of aromatic nitrogens is 4. The van der Waals surface area contributed by atoms with Crippen LogP contribution in [0.2, 0.25) is 0 Å². The molecule has 2 fully saturated rings. The molecule has 0 bridgehead atoms. The van der Waals surface area contributed by atoms with Crippen LogP contribution in [0.25, 0.3) is 5.69 Å². The SMILES string of the molecule is COc1cc(-n2cnc(Nc3nc4c(c(N5[C@H](CO)C[C@H]6C[C@H]65)n3)CCC4)c2)cc(OC)c1OC. The average molecular weight is 479 g/mol. The monoisotopic (exact) mass is 478 g/mol. The number of hydrogen-bond acceptors (Lipinski definition) is 9. The molecule has 0 amide bonds. The minimum atomic E-state index is 0.144. The fraction of sp³-hybridized carbons (Fsp3) is 0.480. The van der Waals surface area contributed by atoms with Gasteiger partial charge in [-0.1, -0.05) is 0 Å². The van der Waals surface area contributed by atoms with Gasteiger partial charge < -0.3 is 34.1 Å². The molecule has 0 unspecified atom stereocenters. The molecular weight excluding hydrogens is 448 g/mol. The summed E-state index contributed by atoms with van der Waals surface area (Å²) < 4.78 is 18.3. The van der Waals surface area contributed by atoms with Crippen molar-refractivity contribution in [2.45, 2.75) is 44.2 Å². The third-order valence-electron chi connectivity index (χ3n) is 7.35. The minimum absolute atomic E-state index is 0.144. The first kappa shape index (κ1) is 22.0. The Morgan fingerprint density at radius 1 is 1.06 bits per heavy atom. The van der Waals surface area contributed by atoms with E-state index < -0.39 is 0 Å². The van der Waals surface area contributed by atoms with Crippen LogP contribution in [-0.4, -0.2) is 64.6 Å². The molecular formula is C25H30N6O4. The fourth-order valence-corrected chi connectivity index (χ4v) is 5.59. The summed E-state index contributed by atoms with van der Waals surface area (Å²) in [6.45, 7) is 0.160. The second kappa shape index (κ2) is 8.60. The van der Waals surface area contributed by atoms with Crippen LogP contribution in [0.1, 0.15) is 30.5 Å². The van der Waals surface area contributed by atoms with Crippen molar-refractivity contribution >= 4 is 17.6 Å². The van der Waals surface area contributed by atoms with Gasteiger partial charge in [0.2, 0.25) is 11.7 Å². The summed E-state index contributed by atoms with van der Waals surface area (Å²) in [6, 6.07) is 4.38. The Hall–Kier alpha value is -3.53. The minimum Gasteiger partial charge on any atom is -0.493 e. The molecule has 2 N–H and O–H groups in total. The number of imidazole rings is 1. The lowest BCUT2D eigenvalue weighted by molar-refractivity contribution is 0.259. The molecule has 10 nitrogen and oxygen atoms in total. The zero-order chi connectivity index (χ0) is 24.1. The van der Waals surface area contributed by atoms with Crippen LogP contribution in [0.4, 0.5) is 17.6 Å². The van der Waals surface area contributed by atoms with E-state index in [1.807, 2.05) is 22.9 Å². The van der Waals surface area contributed by atoms with Crippen molar-refractivity contribution in [1.29, 1.82) is 0 Å². The van der Waals surface area contributed by atoms with Crippen molar-refractivity contribution in [3.05, 3.63) is 35.9 Å². The smallest absolute Gasteiger partial charge is 0.230 e. The number of nitrogens with zero attached hydrogens (tertiary/aromatic N) is 5. The number of methoxy groups -OCH3 is 3. The van der Waals surface area contributed by atoms with Gasteiger partial charge >= 0.3 is 0 Å². The van der Waals surface area contributed by atoms with Gasteiger partial charge in [0.15, 0.2) is 17.3 Å². The summed E-state index contributed by atoms with van der Waals surface area (Å²) in [4.78, 5) is 16.6. The summed E-state index contributed by atoms with van der Waals surface area (Å²) in [5.74, 6) is 4.52. The van der Waals surface area contributed by atoms with Gasteiger partial charge in [0, 0.05) is 23.7 Å². The second-order valence-electron chi connectivity index (χ2n) is 9.37. The van der Waals surface area contributed by atoms with Crippen LogP contribution in [0, 0.1) is 5.92 Å². The van der Waals surface area contributed by atoms with E-state index in [4.69, 9.17) is 24.2 Å². The first-order chi connectivity index (χ1) is 17.1. The number of aliphatic hydroxyl groups excluding tert-OH is 1. The number of nitrogens with one attached hydrogen (secondary N) is 1. The zero-order valence-electron chi connectivity index (χ0n) is 20.2. The van der Waals surface area contributed by atoms with Crippen LogP contribution < -0.4 is 24.4 Å². The number of aryl methyl sites for hydroxylation is 1. The van der Waals surface area contributed by atoms with Crippen molar-refractivity contribution in [3.8, 4) is 22.9 Å². The molecule has 10 heteroatoms. The highest BCUT2D eigenvalue weighted by atomic mass is 16.5. The molecule has 35 heavy (non-hydrogen) atoms. The van der Waals surface area contributed by atoms with Crippen LogP contribution in [-0.2, 0) is 12.8 Å². The van der Waals surface area contributed by atoms with Gasteiger partial charge in [-0.15, -0.1) is 0 Å². The van der Waals surface area contributed by atoms with E-state index >= 15 is 0 Å². The highest BCUT2D eigenvalue weighted by Gasteiger charge is 2.53. The molecule has 184 valence electrons. The largest absolute Gasteiger partial charge is 0.493 e. The van der Waals surface area contributed by atoms with E-state index in [-0.39, 0.29) is 12.6 Å². The average Bonchev–Trinajstić information content (AvgIpc) is 3.25. The molecule has 1 saturated heterocycles. The zero-order valence-corrected chi connectivity index (χ0v) is 20.2. The summed E-state index contributed by atoms with van der Waals surface area (Å²) >= 11 is 0. The van der Waals surface area contributed by atoms with Crippen molar-refractivity contribution in [2.24, 2.45) is 5.92 Å². The normalized spacial score (nSPS) is 22.1. The van der Waals surface area contributed by atoms with Crippen molar-refractivity contribution in [2.75, 3.05) is 38.2 Å². The third-order valence-corrected chi connectivity index (χ3v) is 7.35. The standard InChI is InChI=1S/C25H30N6O4/c1-33-20-9-15(10-21(34-2)23(20)35-3)30-11-22(26-13-30)28-25-27-18-6-4-5-17(18)24(29-25)31-16(12-32)7-14-8-19(14)31/h9-11,13-14,16,19,32H,4-8,12H2,1-3H3,(H,27,28,29)/t14-,16-,19+/m0/s1. The van der Waals surface area contributed by atoms with Crippen LogP contribution in [0.15, 0.2) is 24.7 Å². The Labute approximate surface area is 203 Å². The Bertz CT molecular complexity index is 1240. The van der Waals surface area contributed by atoms with Gasteiger partial charge in [0.25, 0.3) is 0 Å². The molecule has 3 aromatic rings. The Kier molecular flexibility index (Phi) is 5.40. The quantitative estimate of drug-likeness (QED) is 0.505. The number of aliphatic hydroxyl groups is 1. The topological polar surface area (TPSA) is 107 Å². The highest BCUT2D eigenvalue weighted by Crippen LogP contribution is 2.50. The predicted octanol–water partition coefficient (Wildman–Crippen LogP) is 2.88. The van der Waals surface area contributed by atoms with E-state index in [2.05, 4.69) is 15.2 Å². The van der Waals surface area contributed by atoms with E-state index in [1.165, 1.54) is 12.0 Å². The Balaban J connectivity index is 1.30. The van der Waals surface area contributed by atoms with E-state index in [0.717, 1.165) is 42.9 Å². The van der Waals surface area contributed by atoms with Crippen LogP contribution in [0.3, 0.4) is 0 Å². The Morgan fingerprint density at radius 3 is 2.57 bits per heavy atom. The first-order valence-corrected chi connectivity index (χ1v) is 12.0. The summed E-state index contributed by atoms with van der Waals surface area (Å²) in [5.41, 5.74) is 3.16. The molecule has 2 aromatic heterocycles. The van der Waals surface area contributed by atoms with E-state index in [0.29, 0.717) is 41.0 Å². The second-order valence-corrected chi connectivity index (χ2v) is 9.37. The van der Waals surface area contributed by atoms with Gasteiger partial charge in [-0.3, -0.25) is 0 Å². The third kappa shape index (κ3) is 3.72. The number of hydrogen-bond donors (Lipinski definition) is 2. The van der Waals surface area contributed by atoms with Crippen molar-refractivity contribution in [1.82, 2.24) is 19.5 Å². The van der Waals surface area contributed by atoms with Gasteiger partial charge in [0.05, 0.1) is 51.6 Å². The van der Waals surface area contributed by atoms with E-state index in [1.54, 1.807) is 27.7 Å². The number of ether oxygens (including phenoxy) is 3. The lowest BCUT2D eigenvalue weighted by atomic mass is 10.1. The number of piperidine rings is 1. The lowest BCUT2D eigenvalue weighted by Crippen LogP contribution is -2.37. The van der Waals surface area contributed by atoms with Gasteiger partial charge in [-0.2, -0.15) is 4.98 Å². The maximum Gasteiger partial charge on any atom is 0.230 e. The van der Waals surface area contributed by atoms with Crippen molar-refractivity contribution < 1.29 is 19.3 Å². The van der Waals surface area contributed by atoms with Crippen LogP contribution >= 0.6 is 0 Å². The number of benzene rings is 1. The van der Waals surface area contributed by atoms with Crippen LogP contribution in [0.5, 0.6) is 17.2 Å². The molecule has 1 aliphatic heterocycles. The summed E-state index contributed by atoms with van der Waals surface area (Å²) in [6.07, 6.45) is 8.85. The summed E-state index contributed by atoms with van der Waals surface area (Å²) in [7, 11) is 4.77. The molecule has 2 aliphatic carbocycles. The molecule has 1 saturated carbocycles. The number of anilines is 3. The number of fused-ring (bicyclic) bond motifs is 2. The molecule has 3 aliphatic rings. The lowest BCUT2D eigenvalue weighted by Gasteiger charge is -2.29. The van der Waals surface area contributed by atoms with Gasteiger partial charge in [-0.25, -0.2) is 9.97 Å². The maximum absolute atomic E-state index is 9.97. The number of rotatable bonds is 8. The molecule has 3 heterocycles. The van der Waals surface area contributed by atoms with Gasteiger partial charge in [0.1, 0.15) is 12.1 Å². The predicted molar refractivity (Wildman–Crippen MR) is 130 cm³/mol. The van der Waals surface area contributed by atoms with Gasteiger partial charge in [-0.05, 0) is 38.0 Å². The molecule has 0 spiro atoms. The van der Waals surface area contributed by atoms with Crippen molar-refractivity contribution in [3.63, 3.8) is 0 Å². The molecule has 3 atom stereocenters. The summed E-state index contributed by atoms with van der Waals surface area (Å²) in [5, 5.41) is 13.3. The molecule has 1 aromatic carbocycles. The molecule has 6 rings (SSSR count). The Morgan fingerprint density at radius 2 is 1.86 bits per heavy atom. The van der Waals surface area contributed by atoms with E-state index in [9.17, 15) is 5.11 Å². The fourth-order valence-electron chi connectivity index (χ4n) is 5.59. The first-order valence-electron chi connectivity index (χ1n) is 12.0.